The summed E-state index contributed by atoms with van der Waals surface area (Å²) in [5, 5.41) is 0.897. The van der Waals surface area contributed by atoms with Gasteiger partial charge in [-0.25, -0.2) is 4.39 Å². The topological polar surface area (TPSA) is 26.3 Å². The van der Waals surface area contributed by atoms with Crippen molar-refractivity contribution in [1.29, 1.82) is 0 Å². The van der Waals surface area contributed by atoms with E-state index in [0.29, 0.717) is 17.0 Å². The Labute approximate surface area is 124 Å². The molecule has 0 aliphatic carbocycles. The van der Waals surface area contributed by atoms with Gasteiger partial charge in [-0.3, -0.25) is 4.79 Å². The van der Waals surface area contributed by atoms with Gasteiger partial charge in [-0.15, -0.1) is 11.3 Å². The quantitative estimate of drug-likeness (QED) is 0.663. The second-order valence-corrected chi connectivity index (χ2v) is 6.13. The lowest BCUT2D eigenvalue weighted by atomic mass is 10.0. The van der Waals surface area contributed by atoms with Crippen LogP contribution in [0, 0.1) is 5.82 Å². The molecule has 0 unspecified atom stereocenters. The van der Waals surface area contributed by atoms with E-state index in [1.807, 2.05) is 18.2 Å². The highest BCUT2D eigenvalue weighted by Crippen LogP contribution is 2.30. The van der Waals surface area contributed by atoms with Crippen LogP contribution in [0.2, 0.25) is 0 Å². The zero-order valence-corrected chi connectivity index (χ0v) is 11.9. The minimum Gasteiger partial charge on any atom is -0.493 e. The minimum atomic E-state index is -0.280. The van der Waals surface area contributed by atoms with Gasteiger partial charge in [0.15, 0.2) is 0 Å². The fourth-order valence-electron chi connectivity index (χ4n) is 2.59. The normalized spacial score (nSPS) is 13.2. The van der Waals surface area contributed by atoms with Gasteiger partial charge in [0.2, 0.25) is 5.78 Å². The van der Waals surface area contributed by atoms with Crippen molar-refractivity contribution in [3.8, 4) is 5.75 Å². The van der Waals surface area contributed by atoms with Crippen LogP contribution in [0.5, 0.6) is 5.75 Å². The monoisotopic (exact) mass is 298 g/mol. The summed E-state index contributed by atoms with van der Waals surface area (Å²) in [6, 6.07) is 11.9. The van der Waals surface area contributed by atoms with E-state index in [1.54, 1.807) is 12.1 Å². The smallest absolute Gasteiger partial charge is 0.202 e. The number of ketones is 1. The van der Waals surface area contributed by atoms with Crippen LogP contribution in [-0.2, 0) is 6.42 Å². The highest BCUT2D eigenvalue weighted by atomic mass is 32.1. The van der Waals surface area contributed by atoms with Crippen molar-refractivity contribution in [3.05, 3.63) is 64.3 Å². The Morgan fingerprint density at radius 2 is 2.05 bits per heavy atom. The molecule has 2 heterocycles. The number of halogens is 1. The molecule has 1 aliphatic heterocycles. The molecule has 0 radical (unpaired) electrons. The van der Waals surface area contributed by atoms with Crippen molar-refractivity contribution < 1.29 is 13.9 Å². The first-order chi connectivity index (χ1) is 10.2. The molecule has 4 heteroatoms. The molecule has 0 saturated heterocycles. The van der Waals surface area contributed by atoms with Crippen LogP contribution >= 0.6 is 11.3 Å². The van der Waals surface area contributed by atoms with E-state index in [2.05, 4.69) is 0 Å². The zero-order valence-electron chi connectivity index (χ0n) is 11.1. The van der Waals surface area contributed by atoms with Gasteiger partial charge < -0.3 is 4.74 Å². The molecule has 2 nitrogen and oxygen atoms in total. The van der Waals surface area contributed by atoms with Crippen molar-refractivity contribution in [2.24, 2.45) is 0 Å². The number of carbonyl (C=O) groups is 1. The Morgan fingerprint density at radius 3 is 2.95 bits per heavy atom. The van der Waals surface area contributed by atoms with Crippen molar-refractivity contribution in [2.75, 3.05) is 6.61 Å². The van der Waals surface area contributed by atoms with Crippen LogP contribution in [0.25, 0.3) is 10.1 Å². The van der Waals surface area contributed by atoms with E-state index in [4.69, 9.17) is 4.74 Å². The maximum Gasteiger partial charge on any atom is 0.202 e. The molecule has 0 atom stereocenters. The van der Waals surface area contributed by atoms with Gasteiger partial charge >= 0.3 is 0 Å². The summed E-state index contributed by atoms with van der Waals surface area (Å²) >= 11 is 1.33. The number of hydrogen-bond acceptors (Lipinski definition) is 3. The summed E-state index contributed by atoms with van der Waals surface area (Å²) in [7, 11) is 0. The lowest BCUT2D eigenvalue weighted by Crippen LogP contribution is -1.98. The predicted molar refractivity (Wildman–Crippen MR) is 80.9 cm³/mol. The Hall–Kier alpha value is -2.20. The summed E-state index contributed by atoms with van der Waals surface area (Å²) < 4.78 is 19.5. The molecule has 2 aromatic carbocycles. The lowest BCUT2D eigenvalue weighted by molar-refractivity contribution is 0.104. The first-order valence-corrected chi connectivity index (χ1v) is 7.52. The molecule has 1 aromatic heterocycles. The second kappa shape index (κ2) is 4.67. The third kappa shape index (κ3) is 2.12. The molecule has 3 aromatic rings. The SMILES string of the molecule is O=C(c1ccc2c(c1)CCO2)c1cc2ccc(F)cc2s1. The van der Waals surface area contributed by atoms with E-state index in [1.165, 1.54) is 23.5 Å². The Morgan fingerprint density at radius 1 is 1.14 bits per heavy atom. The summed E-state index contributed by atoms with van der Waals surface area (Å²) in [5.41, 5.74) is 1.74. The largest absolute Gasteiger partial charge is 0.493 e. The summed E-state index contributed by atoms with van der Waals surface area (Å²) in [6.45, 7) is 0.676. The number of thiophene rings is 1. The molecular formula is C17H11FO2S. The van der Waals surface area contributed by atoms with Gasteiger partial charge in [-0.1, -0.05) is 6.07 Å². The number of hydrogen-bond donors (Lipinski definition) is 0. The molecule has 104 valence electrons. The standard InChI is InChI=1S/C17H11FO2S/c18-13-3-1-11-8-16(21-15(11)9-13)17(19)12-2-4-14-10(7-12)5-6-20-14/h1-4,7-9H,5-6H2. The third-order valence-electron chi connectivity index (χ3n) is 3.66. The van der Waals surface area contributed by atoms with E-state index < -0.39 is 0 Å². The van der Waals surface area contributed by atoms with Gasteiger partial charge in [-0.05, 0) is 47.3 Å². The number of benzene rings is 2. The fraction of sp³-hybridized carbons (Fsp3) is 0.118. The Balaban J connectivity index is 1.75. The molecule has 0 spiro atoms. The van der Waals surface area contributed by atoms with Gasteiger partial charge in [-0.2, -0.15) is 0 Å². The molecule has 0 N–H and O–H groups in total. The molecule has 4 rings (SSSR count). The van der Waals surface area contributed by atoms with Crippen LogP contribution in [0.1, 0.15) is 20.8 Å². The molecule has 1 aliphatic rings. The highest BCUT2D eigenvalue weighted by molar-refractivity contribution is 7.21. The summed E-state index contributed by atoms with van der Waals surface area (Å²) in [4.78, 5) is 13.2. The van der Waals surface area contributed by atoms with Crippen molar-refractivity contribution in [1.82, 2.24) is 0 Å². The number of fused-ring (bicyclic) bond motifs is 2. The molecular weight excluding hydrogens is 287 g/mol. The summed E-state index contributed by atoms with van der Waals surface area (Å²) in [6.07, 6.45) is 0.841. The van der Waals surface area contributed by atoms with Gasteiger partial charge in [0.05, 0.1) is 11.5 Å². The average Bonchev–Trinajstić information content (AvgIpc) is 3.11. The van der Waals surface area contributed by atoms with Gasteiger partial charge in [0, 0.05) is 16.7 Å². The maximum absolute atomic E-state index is 13.2. The van der Waals surface area contributed by atoms with Gasteiger partial charge in [0.1, 0.15) is 11.6 Å². The predicted octanol–water partition coefficient (Wildman–Crippen LogP) is 4.21. The molecule has 0 bridgehead atoms. The Bertz CT molecular complexity index is 866. The van der Waals surface area contributed by atoms with Gasteiger partial charge in [0.25, 0.3) is 0 Å². The first-order valence-electron chi connectivity index (χ1n) is 6.70. The van der Waals surface area contributed by atoms with Crippen molar-refractivity contribution in [2.45, 2.75) is 6.42 Å². The molecule has 0 fully saturated rings. The zero-order chi connectivity index (χ0) is 14.4. The third-order valence-corrected chi connectivity index (χ3v) is 4.75. The van der Waals surface area contributed by atoms with Crippen LogP contribution in [0.15, 0.2) is 42.5 Å². The van der Waals surface area contributed by atoms with Crippen LogP contribution < -0.4 is 4.74 Å². The fourth-order valence-corrected chi connectivity index (χ4v) is 3.64. The second-order valence-electron chi connectivity index (χ2n) is 5.04. The van der Waals surface area contributed by atoms with Crippen molar-refractivity contribution >= 4 is 27.2 Å². The van der Waals surface area contributed by atoms with Crippen LogP contribution in [0.3, 0.4) is 0 Å². The maximum atomic E-state index is 13.2. The summed E-state index contributed by atoms with van der Waals surface area (Å²) in [5.74, 6) is 0.564. The molecule has 0 amide bonds. The van der Waals surface area contributed by atoms with Crippen LogP contribution in [0.4, 0.5) is 4.39 Å². The molecule has 0 saturated carbocycles. The van der Waals surface area contributed by atoms with Crippen molar-refractivity contribution in [3.63, 3.8) is 0 Å². The lowest BCUT2D eigenvalue weighted by Gasteiger charge is -2.01. The van der Waals surface area contributed by atoms with E-state index >= 15 is 0 Å². The Kier molecular flexibility index (Phi) is 2.79. The number of carbonyl (C=O) groups excluding carboxylic acids is 1. The van der Waals surface area contributed by atoms with Crippen LogP contribution in [-0.4, -0.2) is 12.4 Å². The first kappa shape index (κ1) is 12.5. The van der Waals surface area contributed by atoms with E-state index in [0.717, 1.165) is 27.8 Å². The highest BCUT2D eigenvalue weighted by Gasteiger charge is 2.17. The number of ether oxygens (including phenoxy) is 1. The minimum absolute atomic E-state index is 0.0219. The number of rotatable bonds is 2. The average molecular weight is 298 g/mol. The van der Waals surface area contributed by atoms with E-state index in [9.17, 15) is 9.18 Å². The van der Waals surface area contributed by atoms with E-state index in [-0.39, 0.29) is 11.6 Å². The molecule has 21 heavy (non-hydrogen) atoms.